The normalized spacial score (nSPS) is 11.4. The molecule has 0 spiro atoms. The highest BCUT2D eigenvalue weighted by Crippen LogP contribution is 2.29. The van der Waals surface area contributed by atoms with Crippen LogP contribution >= 0.6 is 11.3 Å². The highest BCUT2D eigenvalue weighted by Gasteiger charge is 2.33. The van der Waals surface area contributed by atoms with Crippen molar-refractivity contribution in [2.45, 2.75) is 19.5 Å². The first-order valence-electron chi connectivity index (χ1n) is 6.45. The fourth-order valence-electron chi connectivity index (χ4n) is 1.69. The second kappa shape index (κ2) is 6.75. The molecule has 8 heteroatoms. The Bertz CT molecular complexity index is 569. The highest BCUT2D eigenvalue weighted by molar-refractivity contribution is 7.09. The van der Waals surface area contributed by atoms with Crippen molar-refractivity contribution in [3.8, 4) is 0 Å². The third-order valence-corrected chi connectivity index (χ3v) is 3.55. The second-order valence-corrected chi connectivity index (χ2v) is 5.28. The van der Waals surface area contributed by atoms with Crippen LogP contribution in [-0.4, -0.2) is 23.1 Å². The van der Waals surface area contributed by atoms with Gasteiger partial charge in [-0.25, -0.2) is 4.98 Å². The maximum Gasteiger partial charge on any atom is 0.433 e. The zero-order valence-electron chi connectivity index (χ0n) is 11.4. The van der Waals surface area contributed by atoms with Crippen LogP contribution in [0.2, 0.25) is 0 Å². The first-order valence-corrected chi connectivity index (χ1v) is 7.33. The van der Waals surface area contributed by atoms with Crippen LogP contribution in [0.1, 0.15) is 17.5 Å². The lowest BCUT2D eigenvalue weighted by Crippen LogP contribution is -2.14. The van der Waals surface area contributed by atoms with Gasteiger partial charge in [0.05, 0.1) is 0 Å². The smallest absolute Gasteiger partial charge is 0.370 e. The van der Waals surface area contributed by atoms with Crippen LogP contribution < -0.4 is 10.6 Å². The Morgan fingerprint density at radius 1 is 1.24 bits per heavy atom. The molecule has 2 heterocycles. The van der Waals surface area contributed by atoms with E-state index in [1.165, 1.54) is 4.88 Å². The van der Waals surface area contributed by atoms with E-state index in [0.717, 1.165) is 12.5 Å². The number of hydrogen-bond acceptors (Lipinski definition) is 5. The Morgan fingerprint density at radius 3 is 2.67 bits per heavy atom. The quantitative estimate of drug-likeness (QED) is 0.854. The molecule has 0 bridgehead atoms. The van der Waals surface area contributed by atoms with Gasteiger partial charge in [-0.1, -0.05) is 6.07 Å². The molecule has 0 unspecified atom stereocenters. The lowest BCUT2D eigenvalue weighted by atomic mass is 10.3. The SMILES string of the molecule is CCNc1nc(NCCc2cccs2)cc(C(F)(F)F)n1. The van der Waals surface area contributed by atoms with Crippen LogP contribution in [0.25, 0.3) is 0 Å². The summed E-state index contributed by atoms with van der Waals surface area (Å²) in [5, 5.41) is 7.58. The minimum Gasteiger partial charge on any atom is -0.370 e. The summed E-state index contributed by atoms with van der Waals surface area (Å²) < 4.78 is 38.4. The van der Waals surface area contributed by atoms with E-state index in [-0.39, 0.29) is 11.8 Å². The fraction of sp³-hybridized carbons (Fsp3) is 0.385. The second-order valence-electron chi connectivity index (χ2n) is 4.25. The summed E-state index contributed by atoms with van der Waals surface area (Å²) in [7, 11) is 0. The summed E-state index contributed by atoms with van der Waals surface area (Å²) in [4.78, 5) is 8.66. The molecule has 4 nitrogen and oxygen atoms in total. The molecule has 0 aliphatic rings. The van der Waals surface area contributed by atoms with Crippen LogP contribution in [0, 0.1) is 0 Å². The number of thiophene rings is 1. The van der Waals surface area contributed by atoms with E-state index < -0.39 is 11.9 Å². The fourth-order valence-corrected chi connectivity index (χ4v) is 2.40. The first kappa shape index (κ1) is 15.6. The van der Waals surface area contributed by atoms with Gasteiger partial charge < -0.3 is 10.6 Å². The van der Waals surface area contributed by atoms with Gasteiger partial charge in [0.25, 0.3) is 0 Å². The van der Waals surface area contributed by atoms with E-state index in [9.17, 15) is 13.2 Å². The topological polar surface area (TPSA) is 49.8 Å². The van der Waals surface area contributed by atoms with Crippen LogP contribution in [0.15, 0.2) is 23.6 Å². The number of nitrogens with zero attached hydrogens (tertiary/aromatic N) is 2. The molecule has 114 valence electrons. The Hall–Kier alpha value is -1.83. The van der Waals surface area contributed by atoms with E-state index in [2.05, 4.69) is 20.6 Å². The summed E-state index contributed by atoms with van der Waals surface area (Å²) in [6, 6.07) is 4.85. The Kier molecular flexibility index (Phi) is 5.00. The van der Waals surface area contributed by atoms with Gasteiger partial charge >= 0.3 is 6.18 Å². The Balaban J connectivity index is 2.08. The predicted octanol–water partition coefficient (Wildman–Crippen LogP) is 3.64. The molecular formula is C13H15F3N4S. The summed E-state index contributed by atoms with van der Waals surface area (Å²) in [6.07, 6.45) is -3.75. The number of hydrogen-bond donors (Lipinski definition) is 2. The maximum absolute atomic E-state index is 12.8. The molecule has 21 heavy (non-hydrogen) atoms. The van der Waals surface area contributed by atoms with Crippen LogP contribution in [0.3, 0.4) is 0 Å². The lowest BCUT2D eigenvalue weighted by molar-refractivity contribution is -0.141. The van der Waals surface area contributed by atoms with E-state index in [0.29, 0.717) is 13.1 Å². The molecule has 2 aromatic heterocycles. The van der Waals surface area contributed by atoms with E-state index in [1.54, 1.807) is 18.3 Å². The third-order valence-electron chi connectivity index (χ3n) is 2.61. The van der Waals surface area contributed by atoms with E-state index in [1.807, 2.05) is 17.5 Å². The van der Waals surface area contributed by atoms with Gasteiger partial charge in [0.1, 0.15) is 5.82 Å². The lowest BCUT2D eigenvalue weighted by Gasteiger charge is -2.12. The molecule has 0 saturated carbocycles. The van der Waals surface area contributed by atoms with Gasteiger partial charge in [0.15, 0.2) is 5.69 Å². The van der Waals surface area contributed by atoms with Crippen LogP contribution in [0.5, 0.6) is 0 Å². The van der Waals surface area contributed by atoms with Crippen LogP contribution in [0.4, 0.5) is 24.9 Å². The van der Waals surface area contributed by atoms with Crippen molar-refractivity contribution in [1.29, 1.82) is 0 Å². The number of aromatic nitrogens is 2. The van der Waals surface area contributed by atoms with E-state index in [4.69, 9.17) is 0 Å². The van der Waals surface area contributed by atoms with Crippen molar-refractivity contribution in [2.75, 3.05) is 23.7 Å². The molecule has 0 aromatic carbocycles. The highest BCUT2D eigenvalue weighted by atomic mass is 32.1. The molecule has 0 aliphatic carbocycles. The standard InChI is InChI=1S/C13H15F3N4S/c1-2-17-12-19-10(13(14,15)16)8-11(20-12)18-6-5-9-4-3-7-21-9/h3-4,7-8H,2,5-6H2,1H3,(H2,17,18,19,20). The molecule has 0 fully saturated rings. The van der Waals surface area contributed by atoms with E-state index >= 15 is 0 Å². The number of anilines is 2. The molecule has 2 aromatic rings. The van der Waals surface area contributed by atoms with Crippen molar-refractivity contribution < 1.29 is 13.2 Å². The Morgan fingerprint density at radius 2 is 2.05 bits per heavy atom. The van der Waals surface area contributed by atoms with Gasteiger partial charge in [-0.2, -0.15) is 18.2 Å². The van der Waals surface area contributed by atoms with Crippen molar-refractivity contribution in [3.63, 3.8) is 0 Å². The van der Waals surface area contributed by atoms with Crippen molar-refractivity contribution in [1.82, 2.24) is 9.97 Å². The predicted molar refractivity (Wildman–Crippen MR) is 77.7 cm³/mol. The van der Waals surface area contributed by atoms with Crippen molar-refractivity contribution in [2.24, 2.45) is 0 Å². The van der Waals surface area contributed by atoms with Crippen molar-refractivity contribution in [3.05, 3.63) is 34.2 Å². The van der Waals surface area contributed by atoms with Gasteiger partial charge in [0, 0.05) is 24.0 Å². The average molecular weight is 316 g/mol. The molecule has 0 radical (unpaired) electrons. The maximum atomic E-state index is 12.8. The number of rotatable bonds is 6. The molecule has 0 atom stereocenters. The number of alkyl halides is 3. The molecular weight excluding hydrogens is 301 g/mol. The number of nitrogens with one attached hydrogen (secondary N) is 2. The molecule has 0 saturated heterocycles. The summed E-state index contributed by atoms with van der Waals surface area (Å²) in [5.41, 5.74) is -0.952. The summed E-state index contributed by atoms with van der Waals surface area (Å²) in [6.45, 7) is 2.74. The number of halogens is 3. The largest absolute Gasteiger partial charge is 0.433 e. The monoisotopic (exact) mass is 316 g/mol. The van der Waals surface area contributed by atoms with Gasteiger partial charge in [0.2, 0.25) is 5.95 Å². The Labute approximate surface area is 124 Å². The molecule has 0 aliphatic heterocycles. The van der Waals surface area contributed by atoms with Gasteiger partial charge in [-0.15, -0.1) is 11.3 Å². The summed E-state index contributed by atoms with van der Waals surface area (Å²) >= 11 is 1.61. The minimum absolute atomic E-state index is 0.0223. The molecule has 2 rings (SSSR count). The average Bonchev–Trinajstić information content (AvgIpc) is 2.91. The third kappa shape index (κ3) is 4.59. The molecule has 0 amide bonds. The zero-order chi connectivity index (χ0) is 15.3. The van der Waals surface area contributed by atoms with Gasteiger partial charge in [-0.3, -0.25) is 0 Å². The summed E-state index contributed by atoms with van der Waals surface area (Å²) in [5.74, 6) is 0.149. The van der Waals surface area contributed by atoms with Gasteiger partial charge in [-0.05, 0) is 24.8 Å². The van der Waals surface area contributed by atoms with Crippen LogP contribution in [-0.2, 0) is 12.6 Å². The zero-order valence-corrected chi connectivity index (χ0v) is 12.2. The first-order chi connectivity index (χ1) is 9.99. The van der Waals surface area contributed by atoms with Crippen molar-refractivity contribution >= 4 is 23.1 Å². The minimum atomic E-state index is -4.49. The molecule has 2 N–H and O–H groups in total.